The van der Waals surface area contributed by atoms with Gasteiger partial charge in [-0.05, 0) is 42.2 Å². The second-order valence-electron chi connectivity index (χ2n) is 7.76. The molecule has 9 nitrogen and oxygen atoms in total. The van der Waals surface area contributed by atoms with E-state index in [2.05, 4.69) is 20.0 Å². The molecule has 1 heterocycles. The predicted octanol–water partition coefficient (Wildman–Crippen LogP) is 2.55. The molecule has 2 atom stereocenters. The van der Waals surface area contributed by atoms with E-state index in [4.69, 9.17) is 17.3 Å². The molecule has 0 aromatic heterocycles. The number of amidine groups is 1. The number of amides is 2. The van der Waals surface area contributed by atoms with Crippen molar-refractivity contribution in [2.45, 2.75) is 38.1 Å². The van der Waals surface area contributed by atoms with Crippen LogP contribution in [0.2, 0.25) is 5.02 Å². The molecule has 188 valence electrons. The van der Waals surface area contributed by atoms with Crippen molar-refractivity contribution < 1.29 is 33.1 Å². The topological polar surface area (TPSA) is 126 Å². The van der Waals surface area contributed by atoms with Gasteiger partial charge in [-0.1, -0.05) is 41.0 Å². The molecule has 12 heteroatoms. The summed E-state index contributed by atoms with van der Waals surface area (Å²) >= 11 is 5.92. The highest BCUT2D eigenvalue weighted by molar-refractivity contribution is 6.30. The van der Waals surface area contributed by atoms with Gasteiger partial charge in [0.2, 0.25) is 5.91 Å². The Hall–Kier alpha value is -3.44. The second-order valence-corrected chi connectivity index (χ2v) is 8.20. The molecule has 1 aliphatic heterocycles. The number of carbonyl (C=O) groups is 2. The summed E-state index contributed by atoms with van der Waals surface area (Å²) in [6.07, 6.45) is -0.713. The molecule has 4 N–H and O–H groups in total. The number of oxime groups is 1. The number of nitrogens with one attached hydrogen (secondary N) is 1. The van der Waals surface area contributed by atoms with Crippen molar-refractivity contribution >= 4 is 29.3 Å². The van der Waals surface area contributed by atoms with Crippen molar-refractivity contribution in [1.82, 2.24) is 10.2 Å². The van der Waals surface area contributed by atoms with Crippen LogP contribution in [0.5, 0.6) is 5.75 Å². The van der Waals surface area contributed by atoms with Crippen LogP contribution >= 0.6 is 11.6 Å². The van der Waals surface area contributed by atoms with E-state index in [-0.39, 0.29) is 41.2 Å². The van der Waals surface area contributed by atoms with E-state index < -0.39 is 24.7 Å². The van der Waals surface area contributed by atoms with Crippen LogP contribution in [0.1, 0.15) is 35.6 Å². The Balaban J connectivity index is 1.64. The first-order valence-corrected chi connectivity index (χ1v) is 11.0. The third-order valence-corrected chi connectivity index (χ3v) is 5.63. The predicted molar refractivity (Wildman–Crippen MR) is 124 cm³/mol. The van der Waals surface area contributed by atoms with Crippen molar-refractivity contribution in [1.29, 1.82) is 0 Å². The summed E-state index contributed by atoms with van der Waals surface area (Å²) < 4.78 is 29.4. The molecule has 2 amide bonds. The minimum Gasteiger partial charge on any atom is -0.435 e. The van der Waals surface area contributed by atoms with Crippen LogP contribution in [0.15, 0.2) is 47.6 Å². The highest BCUT2D eigenvalue weighted by atomic mass is 35.5. The van der Waals surface area contributed by atoms with Gasteiger partial charge in [-0.25, -0.2) is 0 Å². The molecule has 2 unspecified atom stereocenters. The van der Waals surface area contributed by atoms with Gasteiger partial charge in [0, 0.05) is 23.7 Å². The Kier molecular flexibility index (Phi) is 8.83. The van der Waals surface area contributed by atoms with E-state index in [1.807, 2.05) is 0 Å². The summed E-state index contributed by atoms with van der Waals surface area (Å²) in [5.74, 6) is -1.17. The SMILES string of the molecule is CO/N=C(/N)c1ccc(CNC(=O)C2CCCN2C(=O)C(O)c2cc(Cl)cc(OC(F)F)c2)cc1. The fourth-order valence-electron chi connectivity index (χ4n) is 3.77. The Morgan fingerprint density at radius 3 is 2.66 bits per heavy atom. The van der Waals surface area contributed by atoms with Crippen LogP contribution in [0.25, 0.3) is 0 Å². The molecule has 1 aliphatic rings. The number of nitrogens with two attached hydrogens (primary N) is 1. The van der Waals surface area contributed by atoms with Gasteiger partial charge in [-0.2, -0.15) is 8.78 Å². The van der Waals surface area contributed by atoms with Crippen molar-refractivity contribution in [2.75, 3.05) is 13.7 Å². The van der Waals surface area contributed by atoms with Gasteiger partial charge >= 0.3 is 6.61 Å². The molecular weight excluding hydrogens is 486 g/mol. The summed E-state index contributed by atoms with van der Waals surface area (Å²) in [5, 5.41) is 17.1. The molecule has 3 rings (SSSR count). The van der Waals surface area contributed by atoms with Crippen LogP contribution in [0.4, 0.5) is 8.78 Å². The number of aliphatic hydroxyl groups is 1. The van der Waals surface area contributed by atoms with E-state index in [9.17, 15) is 23.5 Å². The van der Waals surface area contributed by atoms with Gasteiger partial charge in [-0.3, -0.25) is 9.59 Å². The largest absolute Gasteiger partial charge is 0.435 e. The maximum atomic E-state index is 13.0. The summed E-state index contributed by atoms with van der Waals surface area (Å²) in [5.41, 5.74) is 7.20. The van der Waals surface area contributed by atoms with E-state index in [1.54, 1.807) is 24.3 Å². The van der Waals surface area contributed by atoms with Gasteiger partial charge in [0.05, 0.1) is 0 Å². The summed E-state index contributed by atoms with van der Waals surface area (Å²) in [7, 11) is 1.39. The number of hydrogen-bond acceptors (Lipinski definition) is 6. The lowest BCUT2D eigenvalue weighted by atomic mass is 10.1. The monoisotopic (exact) mass is 510 g/mol. The Morgan fingerprint density at radius 2 is 2.00 bits per heavy atom. The second kappa shape index (κ2) is 11.8. The van der Waals surface area contributed by atoms with Crippen molar-refractivity contribution in [2.24, 2.45) is 10.9 Å². The molecule has 0 radical (unpaired) electrons. The maximum absolute atomic E-state index is 13.0. The number of carbonyl (C=O) groups excluding carboxylic acids is 2. The van der Waals surface area contributed by atoms with E-state index in [1.165, 1.54) is 18.1 Å². The van der Waals surface area contributed by atoms with Gasteiger partial charge in [-0.15, -0.1) is 0 Å². The normalized spacial score (nSPS) is 16.8. The molecule has 0 aliphatic carbocycles. The molecule has 0 spiro atoms. The number of benzene rings is 2. The van der Waals surface area contributed by atoms with Crippen LogP contribution in [-0.4, -0.2) is 54.0 Å². The van der Waals surface area contributed by atoms with Crippen LogP contribution in [0, 0.1) is 0 Å². The summed E-state index contributed by atoms with van der Waals surface area (Å²) in [6.45, 7) is -2.61. The van der Waals surface area contributed by atoms with Gasteiger partial charge in [0.15, 0.2) is 11.9 Å². The van der Waals surface area contributed by atoms with Crippen molar-refractivity contribution in [3.63, 3.8) is 0 Å². The standard InChI is InChI=1S/C23H25ClF2N4O5/c1-34-29-20(27)14-6-4-13(5-7-14)12-28-21(32)18-3-2-8-30(18)22(33)19(31)15-9-16(24)11-17(10-15)35-23(25)26/h4-7,9-11,18-19,23,31H,2-3,8,12H2,1H3,(H2,27,29)(H,28,32). The zero-order chi connectivity index (χ0) is 25.5. The zero-order valence-electron chi connectivity index (χ0n) is 18.8. The van der Waals surface area contributed by atoms with Crippen LogP contribution in [0.3, 0.4) is 0 Å². The maximum Gasteiger partial charge on any atom is 0.387 e. The third-order valence-electron chi connectivity index (χ3n) is 5.41. The van der Waals surface area contributed by atoms with Crippen LogP contribution in [-0.2, 0) is 21.0 Å². The molecule has 0 saturated carbocycles. The highest BCUT2D eigenvalue weighted by Crippen LogP contribution is 2.29. The quantitative estimate of drug-likeness (QED) is 0.270. The van der Waals surface area contributed by atoms with Gasteiger partial charge in [0.1, 0.15) is 18.9 Å². The number of ether oxygens (including phenoxy) is 1. The molecular formula is C23H25ClF2N4O5. The average Bonchev–Trinajstić information content (AvgIpc) is 3.31. The number of halogens is 3. The minimum absolute atomic E-state index is 0.0133. The summed E-state index contributed by atoms with van der Waals surface area (Å²) in [6, 6.07) is 9.76. The number of alkyl halides is 2. The van der Waals surface area contributed by atoms with Crippen molar-refractivity contribution in [3.8, 4) is 5.75 Å². The molecule has 35 heavy (non-hydrogen) atoms. The third kappa shape index (κ3) is 6.80. The zero-order valence-corrected chi connectivity index (χ0v) is 19.5. The van der Waals surface area contributed by atoms with Gasteiger partial charge < -0.3 is 30.6 Å². The van der Waals surface area contributed by atoms with Crippen LogP contribution < -0.4 is 15.8 Å². The first kappa shape index (κ1) is 26.2. The average molecular weight is 511 g/mol. The molecule has 1 saturated heterocycles. The Labute approximate surface area is 205 Å². The van der Waals surface area contributed by atoms with E-state index >= 15 is 0 Å². The Bertz CT molecular complexity index is 1080. The van der Waals surface area contributed by atoms with Gasteiger partial charge in [0.25, 0.3) is 5.91 Å². The van der Waals surface area contributed by atoms with E-state index in [0.717, 1.165) is 17.7 Å². The number of hydrogen-bond donors (Lipinski definition) is 3. The lowest BCUT2D eigenvalue weighted by Crippen LogP contribution is -2.47. The lowest BCUT2D eigenvalue weighted by molar-refractivity contribution is -0.145. The number of nitrogens with zero attached hydrogens (tertiary/aromatic N) is 2. The first-order valence-electron chi connectivity index (χ1n) is 10.7. The number of rotatable bonds is 9. The smallest absolute Gasteiger partial charge is 0.387 e. The molecule has 2 aromatic rings. The summed E-state index contributed by atoms with van der Waals surface area (Å²) in [4.78, 5) is 31.7. The van der Waals surface area contributed by atoms with Crippen molar-refractivity contribution in [3.05, 3.63) is 64.2 Å². The highest BCUT2D eigenvalue weighted by Gasteiger charge is 2.37. The first-order chi connectivity index (χ1) is 16.7. The fraction of sp³-hybridized carbons (Fsp3) is 0.348. The fourth-order valence-corrected chi connectivity index (χ4v) is 4.00. The molecule has 2 aromatic carbocycles. The minimum atomic E-state index is -3.09. The lowest BCUT2D eigenvalue weighted by Gasteiger charge is -2.26. The molecule has 1 fully saturated rings. The number of likely N-dealkylation sites (tertiary alicyclic amines) is 1. The van der Waals surface area contributed by atoms with E-state index in [0.29, 0.717) is 18.4 Å². The Morgan fingerprint density at radius 1 is 1.29 bits per heavy atom. The molecule has 0 bridgehead atoms. The number of aliphatic hydroxyl groups excluding tert-OH is 1.